The Bertz CT molecular complexity index is 526. The van der Waals surface area contributed by atoms with Gasteiger partial charge in [0.25, 0.3) is 0 Å². The van der Waals surface area contributed by atoms with E-state index in [9.17, 15) is 0 Å². The SMILES string of the molecule is Cc1cncc(Cn2ccc(CNC3CC3)c2)c1. The van der Waals surface area contributed by atoms with E-state index in [1.165, 1.54) is 29.5 Å². The highest BCUT2D eigenvalue weighted by Gasteiger charge is 2.19. The molecule has 1 aliphatic carbocycles. The second-order valence-corrected chi connectivity index (χ2v) is 5.22. The van der Waals surface area contributed by atoms with Crippen LogP contribution in [0.2, 0.25) is 0 Å². The molecule has 0 bridgehead atoms. The van der Waals surface area contributed by atoms with Crippen LogP contribution in [0.1, 0.15) is 29.5 Å². The summed E-state index contributed by atoms with van der Waals surface area (Å²) in [6.45, 7) is 3.97. The lowest BCUT2D eigenvalue weighted by molar-refractivity contribution is 0.684. The molecule has 1 aliphatic rings. The molecule has 18 heavy (non-hydrogen) atoms. The van der Waals surface area contributed by atoms with E-state index >= 15 is 0 Å². The summed E-state index contributed by atoms with van der Waals surface area (Å²) in [7, 11) is 0. The predicted octanol–water partition coefficient (Wildman–Crippen LogP) is 2.49. The molecule has 1 fully saturated rings. The molecule has 0 aromatic carbocycles. The average molecular weight is 241 g/mol. The lowest BCUT2D eigenvalue weighted by Gasteiger charge is -2.04. The molecule has 0 atom stereocenters. The number of pyridine rings is 1. The molecule has 0 amide bonds. The Kier molecular flexibility index (Phi) is 3.15. The zero-order chi connectivity index (χ0) is 12.4. The molecule has 0 spiro atoms. The normalized spacial score (nSPS) is 14.9. The largest absolute Gasteiger partial charge is 0.350 e. The summed E-state index contributed by atoms with van der Waals surface area (Å²) in [6, 6.07) is 5.16. The maximum atomic E-state index is 4.23. The van der Waals surface area contributed by atoms with Gasteiger partial charge in [-0.25, -0.2) is 0 Å². The lowest BCUT2D eigenvalue weighted by atomic mass is 10.2. The molecule has 2 heterocycles. The smallest absolute Gasteiger partial charge is 0.0485 e. The van der Waals surface area contributed by atoms with Crippen molar-refractivity contribution in [3.63, 3.8) is 0 Å². The van der Waals surface area contributed by atoms with Crippen LogP contribution in [-0.4, -0.2) is 15.6 Å². The van der Waals surface area contributed by atoms with E-state index < -0.39 is 0 Å². The maximum absolute atomic E-state index is 4.23. The summed E-state index contributed by atoms with van der Waals surface area (Å²) >= 11 is 0. The van der Waals surface area contributed by atoms with Crippen molar-refractivity contribution in [1.29, 1.82) is 0 Å². The third-order valence-corrected chi connectivity index (χ3v) is 3.28. The Morgan fingerprint density at radius 2 is 2.22 bits per heavy atom. The van der Waals surface area contributed by atoms with Crippen LogP contribution in [0.5, 0.6) is 0 Å². The van der Waals surface area contributed by atoms with E-state index in [0.717, 1.165) is 19.1 Å². The summed E-state index contributed by atoms with van der Waals surface area (Å²) in [5.74, 6) is 0. The van der Waals surface area contributed by atoms with Crippen molar-refractivity contribution in [2.45, 2.75) is 38.9 Å². The molecule has 3 nitrogen and oxygen atoms in total. The molecular formula is C15H19N3. The van der Waals surface area contributed by atoms with Crippen molar-refractivity contribution in [3.8, 4) is 0 Å². The highest BCUT2D eigenvalue weighted by molar-refractivity contribution is 5.18. The van der Waals surface area contributed by atoms with Gasteiger partial charge in [-0.2, -0.15) is 0 Å². The van der Waals surface area contributed by atoms with E-state index in [0.29, 0.717) is 0 Å². The van der Waals surface area contributed by atoms with Gasteiger partial charge in [0, 0.05) is 43.9 Å². The molecule has 3 heteroatoms. The molecule has 2 aromatic rings. The van der Waals surface area contributed by atoms with E-state index in [1.807, 2.05) is 12.4 Å². The van der Waals surface area contributed by atoms with Crippen molar-refractivity contribution >= 4 is 0 Å². The first-order valence-electron chi connectivity index (χ1n) is 6.58. The number of nitrogens with zero attached hydrogens (tertiary/aromatic N) is 2. The third-order valence-electron chi connectivity index (χ3n) is 3.28. The van der Waals surface area contributed by atoms with E-state index in [4.69, 9.17) is 0 Å². The van der Waals surface area contributed by atoms with Gasteiger partial charge in [-0.05, 0) is 42.5 Å². The fourth-order valence-electron chi connectivity index (χ4n) is 2.16. The standard InChI is InChI=1S/C15H19N3/c1-12-6-14(8-16-7-12)11-18-5-4-13(10-18)9-17-15-2-3-15/h4-8,10,15,17H,2-3,9,11H2,1H3. The summed E-state index contributed by atoms with van der Waals surface area (Å²) < 4.78 is 2.22. The van der Waals surface area contributed by atoms with Crippen LogP contribution in [0.25, 0.3) is 0 Å². The zero-order valence-electron chi connectivity index (χ0n) is 10.8. The van der Waals surface area contributed by atoms with E-state index in [1.54, 1.807) is 0 Å². The molecule has 2 aromatic heterocycles. The zero-order valence-corrected chi connectivity index (χ0v) is 10.8. The van der Waals surface area contributed by atoms with Crippen LogP contribution >= 0.6 is 0 Å². The van der Waals surface area contributed by atoms with Crippen LogP contribution < -0.4 is 5.32 Å². The molecule has 94 valence electrons. The predicted molar refractivity (Wildman–Crippen MR) is 72.4 cm³/mol. The van der Waals surface area contributed by atoms with Crippen LogP contribution in [0.4, 0.5) is 0 Å². The Morgan fingerprint density at radius 3 is 3.00 bits per heavy atom. The van der Waals surface area contributed by atoms with Crippen molar-refractivity contribution in [2.24, 2.45) is 0 Å². The van der Waals surface area contributed by atoms with Gasteiger partial charge in [-0.1, -0.05) is 6.07 Å². The summed E-state index contributed by atoms with van der Waals surface area (Å²) in [5.41, 5.74) is 3.84. The van der Waals surface area contributed by atoms with Gasteiger partial charge >= 0.3 is 0 Å². The molecule has 3 rings (SSSR count). The first-order chi connectivity index (χ1) is 8.79. The van der Waals surface area contributed by atoms with Gasteiger partial charge in [-0.3, -0.25) is 4.98 Å². The van der Waals surface area contributed by atoms with Gasteiger partial charge in [0.05, 0.1) is 0 Å². The minimum atomic E-state index is 0.773. The Labute approximate surface area is 108 Å². The Morgan fingerprint density at radius 1 is 1.33 bits per heavy atom. The number of aryl methyl sites for hydroxylation is 1. The van der Waals surface area contributed by atoms with Gasteiger partial charge in [0.2, 0.25) is 0 Å². The van der Waals surface area contributed by atoms with E-state index in [2.05, 4.69) is 46.3 Å². The fraction of sp³-hybridized carbons (Fsp3) is 0.400. The average Bonchev–Trinajstić information content (AvgIpc) is 3.08. The summed E-state index contributed by atoms with van der Waals surface area (Å²) in [4.78, 5) is 4.23. The van der Waals surface area contributed by atoms with Crippen molar-refractivity contribution < 1.29 is 0 Å². The second-order valence-electron chi connectivity index (χ2n) is 5.22. The molecule has 0 unspecified atom stereocenters. The number of nitrogens with one attached hydrogen (secondary N) is 1. The number of aromatic nitrogens is 2. The second kappa shape index (κ2) is 4.94. The minimum absolute atomic E-state index is 0.773. The minimum Gasteiger partial charge on any atom is -0.350 e. The van der Waals surface area contributed by atoms with Crippen molar-refractivity contribution in [3.05, 3.63) is 53.6 Å². The van der Waals surface area contributed by atoms with Crippen LogP contribution in [0.15, 0.2) is 36.9 Å². The number of rotatable bonds is 5. The Balaban J connectivity index is 1.61. The molecule has 1 saturated carbocycles. The van der Waals surface area contributed by atoms with Crippen molar-refractivity contribution in [2.75, 3.05) is 0 Å². The van der Waals surface area contributed by atoms with Gasteiger partial charge in [0.15, 0.2) is 0 Å². The van der Waals surface area contributed by atoms with Crippen LogP contribution in [-0.2, 0) is 13.1 Å². The summed E-state index contributed by atoms with van der Waals surface area (Å²) in [6.07, 6.45) is 10.9. The molecule has 0 saturated heterocycles. The Hall–Kier alpha value is -1.61. The van der Waals surface area contributed by atoms with Crippen LogP contribution in [0.3, 0.4) is 0 Å². The quantitative estimate of drug-likeness (QED) is 0.871. The molecule has 0 radical (unpaired) electrons. The monoisotopic (exact) mass is 241 g/mol. The first-order valence-corrected chi connectivity index (χ1v) is 6.58. The fourth-order valence-corrected chi connectivity index (χ4v) is 2.16. The third kappa shape index (κ3) is 2.99. The maximum Gasteiger partial charge on any atom is 0.0485 e. The number of hydrogen-bond acceptors (Lipinski definition) is 2. The molecular weight excluding hydrogens is 222 g/mol. The van der Waals surface area contributed by atoms with Gasteiger partial charge in [0.1, 0.15) is 0 Å². The van der Waals surface area contributed by atoms with E-state index in [-0.39, 0.29) is 0 Å². The summed E-state index contributed by atoms with van der Waals surface area (Å²) in [5, 5.41) is 3.53. The first kappa shape index (κ1) is 11.5. The topological polar surface area (TPSA) is 29.9 Å². The number of hydrogen-bond donors (Lipinski definition) is 1. The van der Waals surface area contributed by atoms with Gasteiger partial charge in [-0.15, -0.1) is 0 Å². The van der Waals surface area contributed by atoms with Crippen LogP contribution in [0, 0.1) is 6.92 Å². The van der Waals surface area contributed by atoms with Gasteiger partial charge < -0.3 is 9.88 Å². The lowest BCUT2D eigenvalue weighted by Crippen LogP contribution is -2.14. The highest BCUT2D eigenvalue weighted by atomic mass is 15.0. The molecule has 0 aliphatic heterocycles. The molecule has 1 N–H and O–H groups in total. The highest BCUT2D eigenvalue weighted by Crippen LogP contribution is 2.19. The van der Waals surface area contributed by atoms with Crippen molar-refractivity contribution in [1.82, 2.24) is 14.9 Å².